The zero-order chi connectivity index (χ0) is 17.8. The van der Waals surface area contributed by atoms with E-state index in [9.17, 15) is 18.0 Å². The van der Waals surface area contributed by atoms with Gasteiger partial charge in [0.05, 0.1) is 11.8 Å². The fourth-order valence-electron chi connectivity index (χ4n) is 2.34. The van der Waals surface area contributed by atoms with Gasteiger partial charge in [-0.3, -0.25) is 4.79 Å². The number of benzene rings is 1. The Morgan fingerprint density at radius 1 is 1.08 bits per heavy atom. The van der Waals surface area contributed by atoms with Crippen LogP contribution in [0.1, 0.15) is 69.4 Å². The second-order valence-corrected chi connectivity index (χ2v) is 5.75. The molecule has 0 aliphatic rings. The first-order valence-corrected chi connectivity index (χ1v) is 8.43. The highest BCUT2D eigenvalue weighted by atomic mass is 19.4. The number of unbranched alkanes of at least 4 members (excludes halogenated alkanes) is 6. The number of alkyl halides is 3. The number of halogens is 3. The Balaban J connectivity index is 2.31. The van der Waals surface area contributed by atoms with Crippen LogP contribution in [0.4, 0.5) is 13.2 Å². The van der Waals surface area contributed by atoms with E-state index in [0.29, 0.717) is 6.42 Å². The van der Waals surface area contributed by atoms with Gasteiger partial charge >= 0.3 is 6.18 Å². The van der Waals surface area contributed by atoms with Gasteiger partial charge in [-0.25, -0.2) is 5.43 Å². The minimum Gasteiger partial charge on any atom is -0.273 e. The maximum absolute atomic E-state index is 12.8. The summed E-state index contributed by atoms with van der Waals surface area (Å²) >= 11 is 0. The van der Waals surface area contributed by atoms with Crippen LogP contribution in [0.5, 0.6) is 0 Å². The van der Waals surface area contributed by atoms with E-state index in [1.54, 1.807) is 0 Å². The van der Waals surface area contributed by atoms with Crippen molar-refractivity contribution in [2.24, 2.45) is 5.10 Å². The lowest BCUT2D eigenvalue weighted by Gasteiger charge is -2.09. The van der Waals surface area contributed by atoms with E-state index in [0.717, 1.165) is 31.5 Å². The van der Waals surface area contributed by atoms with Crippen LogP contribution in [-0.2, 0) is 11.0 Å². The minimum absolute atomic E-state index is 0.0683. The molecule has 0 atom stereocenters. The lowest BCUT2D eigenvalue weighted by atomic mass is 10.1. The van der Waals surface area contributed by atoms with Gasteiger partial charge in [-0.1, -0.05) is 63.6 Å². The summed E-state index contributed by atoms with van der Waals surface area (Å²) in [4.78, 5) is 11.6. The monoisotopic (exact) mass is 342 g/mol. The first kappa shape index (κ1) is 20.2. The number of nitrogens with zero attached hydrogens (tertiary/aromatic N) is 1. The van der Waals surface area contributed by atoms with Gasteiger partial charge in [0.2, 0.25) is 5.91 Å². The molecule has 0 bridgehead atoms. The molecule has 0 saturated heterocycles. The molecular weight excluding hydrogens is 317 g/mol. The number of hydrogen-bond donors (Lipinski definition) is 1. The summed E-state index contributed by atoms with van der Waals surface area (Å²) in [5.41, 5.74) is 1.45. The van der Waals surface area contributed by atoms with Crippen LogP contribution in [0.15, 0.2) is 29.4 Å². The molecule has 1 rings (SSSR count). The Bertz CT molecular complexity index is 527. The van der Waals surface area contributed by atoms with Crippen LogP contribution in [0.2, 0.25) is 0 Å². The predicted molar refractivity (Wildman–Crippen MR) is 89.8 cm³/mol. The second-order valence-electron chi connectivity index (χ2n) is 5.75. The number of hydrogen-bond acceptors (Lipinski definition) is 2. The van der Waals surface area contributed by atoms with E-state index < -0.39 is 11.7 Å². The molecule has 0 aliphatic carbocycles. The number of nitrogens with one attached hydrogen (secondary N) is 1. The van der Waals surface area contributed by atoms with Crippen molar-refractivity contribution in [2.75, 3.05) is 0 Å². The van der Waals surface area contributed by atoms with Gasteiger partial charge in [0.1, 0.15) is 0 Å². The topological polar surface area (TPSA) is 41.5 Å². The van der Waals surface area contributed by atoms with Crippen molar-refractivity contribution in [3.05, 3.63) is 35.4 Å². The van der Waals surface area contributed by atoms with E-state index in [4.69, 9.17) is 0 Å². The molecule has 3 nitrogen and oxygen atoms in total. The second kappa shape index (κ2) is 10.8. The highest BCUT2D eigenvalue weighted by Gasteiger charge is 2.32. The molecule has 0 fully saturated rings. The highest BCUT2D eigenvalue weighted by Crippen LogP contribution is 2.30. The van der Waals surface area contributed by atoms with Gasteiger partial charge in [-0.05, 0) is 12.5 Å². The standard InChI is InChI=1S/C18H25F3N2O/c1-2-3-4-5-6-7-8-13-17(24)23-22-14-15-11-9-10-12-16(15)18(19,20)21/h9-12,14H,2-8,13H2,1H3,(H,23,24). The van der Waals surface area contributed by atoms with E-state index in [1.165, 1.54) is 43.9 Å². The Labute approximate surface area is 141 Å². The average molecular weight is 342 g/mol. The van der Waals surface area contributed by atoms with Gasteiger partial charge in [-0.15, -0.1) is 0 Å². The third-order valence-electron chi connectivity index (χ3n) is 3.67. The van der Waals surface area contributed by atoms with Crippen LogP contribution in [-0.4, -0.2) is 12.1 Å². The molecule has 24 heavy (non-hydrogen) atoms. The third-order valence-corrected chi connectivity index (χ3v) is 3.67. The molecule has 0 unspecified atom stereocenters. The zero-order valence-electron chi connectivity index (χ0n) is 14.0. The normalized spacial score (nSPS) is 11.8. The number of rotatable bonds is 10. The van der Waals surface area contributed by atoms with Crippen molar-refractivity contribution < 1.29 is 18.0 Å². The smallest absolute Gasteiger partial charge is 0.273 e. The van der Waals surface area contributed by atoms with Gasteiger partial charge in [0.25, 0.3) is 0 Å². The van der Waals surface area contributed by atoms with Crippen LogP contribution >= 0.6 is 0 Å². The third kappa shape index (κ3) is 8.13. The molecule has 0 radical (unpaired) electrons. The highest BCUT2D eigenvalue weighted by molar-refractivity contribution is 5.84. The molecule has 6 heteroatoms. The number of amides is 1. The summed E-state index contributed by atoms with van der Waals surface area (Å²) in [7, 11) is 0. The maximum atomic E-state index is 12.8. The molecule has 0 saturated carbocycles. The molecule has 1 aromatic carbocycles. The van der Waals surface area contributed by atoms with Crippen LogP contribution in [0.25, 0.3) is 0 Å². The lowest BCUT2D eigenvalue weighted by Crippen LogP contribution is -2.17. The predicted octanol–water partition coefficient (Wildman–Crippen LogP) is 5.30. The van der Waals surface area contributed by atoms with Crippen molar-refractivity contribution >= 4 is 12.1 Å². The number of carbonyl (C=O) groups excluding carboxylic acids is 1. The number of hydrazone groups is 1. The fraction of sp³-hybridized carbons (Fsp3) is 0.556. The SMILES string of the molecule is CCCCCCCCCC(=O)NN=Cc1ccccc1C(F)(F)F. The Hall–Kier alpha value is -1.85. The maximum Gasteiger partial charge on any atom is 0.417 e. The fourth-order valence-corrected chi connectivity index (χ4v) is 2.34. The molecule has 1 amide bonds. The summed E-state index contributed by atoms with van der Waals surface area (Å²) < 4.78 is 38.4. The Morgan fingerprint density at radius 2 is 1.71 bits per heavy atom. The van der Waals surface area contributed by atoms with E-state index in [1.807, 2.05) is 0 Å². The largest absolute Gasteiger partial charge is 0.417 e. The molecule has 0 aromatic heterocycles. The molecule has 0 aliphatic heterocycles. The summed E-state index contributed by atoms with van der Waals surface area (Å²) in [5.74, 6) is -0.274. The Kier molecular flexibility index (Phi) is 9.12. The van der Waals surface area contributed by atoms with Gasteiger partial charge in [-0.2, -0.15) is 18.3 Å². The first-order chi connectivity index (χ1) is 11.4. The molecular formula is C18H25F3N2O. The van der Waals surface area contributed by atoms with Gasteiger partial charge < -0.3 is 0 Å². The first-order valence-electron chi connectivity index (χ1n) is 8.43. The molecule has 1 N–H and O–H groups in total. The number of carbonyl (C=O) groups is 1. The van der Waals surface area contributed by atoms with Crippen molar-refractivity contribution in [2.45, 2.75) is 64.5 Å². The quantitative estimate of drug-likeness (QED) is 0.350. The van der Waals surface area contributed by atoms with Crippen molar-refractivity contribution in [3.8, 4) is 0 Å². The van der Waals surface area contributed by atoms with E-state index >= 15 is 0 Å². The molecule has 134 valence electrons. The van der Waals surface area contributed by atoms with Crippen molar-refractivity contribution in [1.82, 2.24) is 5.43 Å². The van der Waals surface area contributed by atoms with E-state index in [-0.39, 0.29) is 11.5 Å². The Morgan fingerprint density at radius 3 is 2.38 bits per heavy atom. The van der Waals surface area contributed by atoms with Crippen LogP contribution in [0, 0.1) is 0 Å². The molecule has 0 spiro atoms. The minimum atomic E-state index is -4.44. The lowest BCUT2D eigenvalue weighted by molar-refractivity contribution is -0.137. The van der Waals surface area contributed by atoms with Gasteiger partial charge in [0.15, 0.2) is 0 Å². The van der Waals surface area contributed by atoms with E-state index in [2.05, 4.69) is 17.5 Å². The van der Waals surface area contributed by atoms with Crippen LogP contribution < -0.4 is 5.43 Å². The zero-order valence-corrected chi connectivity index (χ0v) is 14.0. The van der Waals surface area contributed by atoms with Crippen molar-refractivity contribution in [1.29, 1.82) is 0 Å². The summed E-state index contributed by atoms with van der Waals surface area (Å²) in [6.07, 6.45) is 4.65. The van der Waals surface area contributed by atoms with Crippen molar-refractivity contribution in [3.63, 3.8) is 0 Å². The summed E-state index contributed by atoms with van der Waals surface area (Å²) in [5, 5.41) is 3.63. The molecule has 0 heterocycles. The van der Waals surface area contributed by atoms with Gasteiger partial charge in [0, 0.05) is 12.0 Å². The van der Waals surface area contributed by atoms with Crippen LogP contribution in [0.3, 0.4) is 0 Å². The molecule has 1 aromatic rings. The average Bonchev–Trinajstić information content (AvgIpc) is 2.53. The summed E-state index contributed by atoms with van der Waals surface area (Å²) in [6.45, 7) is 2.16. The summed E-state index contributed by atoms with van der Waals surface area (Å²) in [6, 6.07) is 5.12.